The summed E-state index contributed by atoms with van der Waals surface area (Å²) in [5.41, 5.74) is 8.88. The van der Waals surface area contributed by atoms with Crippen molar-refractivity contribution in [2.24, 2.45) is 0 Å². The third-order valence-corrected chi connectivity index (χ3v) is 19.6. The fourth-order valence-corrected chi connectivity index (χ4v) is 13.1. The first-order chi connectivity index (χ1) is 40.5. The Morgan fingerprint density at radius 1 is 0.471 bits per heavy atom. The SMILES string of the molecule is C=C/C(=C\C)OCCCCCOc1ccc(C(C)(C)c2ccc(Oc3ccc(S(=O)(=O)c4ccc(Oc5c(C)cc(C(C)(C)c6cc(C)c(Oc7ccc(S(=O)(=O)c8ccc(OC)cc8)cc7)c(C)c6)cc5C)cc4)cc3)c(CCl)c2)cc1CCl. The van der Waals surface area contributed by atoms with Crippen molar-refractivity contribution in [3.63, 3.8) is 0 Å². The molecule has 0 aliphatic carbocycles. The van der Waals surface area contributed by atoms with Crippen LogP contribution < -0.4 is 23.7 Å². The van der Waals surface area contributed by atoms with Crippen LogP contribution in [0.5, 0.6) is 46.0 Å². The topological polar surface area (TPSA) is 124 Å². The molecule has 0 fully saturated rings. The summed E-state index contributed by atoms with van der Waals surface area (Å²) in [6, 6.07) is 46.2. The number of hydrogen-bond donors (Lipinski definition) is 0. The Morgan fingerprint density at radius 2 is 0.835 bits per heavy atom. The number of aryl methyl sites for hydroxylation is 4. The van der Waals surface area contributed by atoms with E-state index in [0.29, 0.717) is 59.3 Å². The predicted molar refractivity (Wildman–Crippen MR) is 341 cm³/mol. The van der Waals surface area contributed by atoms with Gasteiger partial charge in [0.15, 0.2) is 0 Å². The van der Waals surface area contributed by atoms with E-state index >= 15 is 0 Å². The second-order valence-electron chi connectivity index (χ2n) is 22.1. The van der Waals surface area contributed by atoms with E-state index in [4.69, 9.17) is 51.6 Å². The van der Waals surface area contributed by atoms with Crippen LogP contribution in [0.25, 0.3) is 0 Å². The molecule has 0 bridgehead atoms. The average Bonchev–Trinajstić information content (AvgIpc) is 2.11. The highest BCUT2D eigenvalue weighted by Gasteiger charge is 2.29. The first-order valence-corrected chi connectivity index (χ1v) is 32.2. The zero-order chi connectivity index (χ0) is 61.3. The van der Waals surface area contributed by atoms with Crippen LogP contribution in [0.4, 0.5) is 0 Å². The van der Waals surface area contributed by atoms with Gasteiger partial charge in [-0.25, -0.2) is 16.8 Å². The number of benzene rings is 8. The third kappa shape index (κ3) is 14.6. The first-order valence-electron chi connectivity index (χ1n) is 28.2. The van der Waals surface area contributed by atoms with Gasteiger partial charge in [-0.1, -0.05) is 76.7 Å². The van der Waals surface area contributed by atoms with E-state index in [1.54, 1.807) is 91.0 Å². The molecule has 0 heterocycles. The van der Waals surface area contributed by atoms with E-state index in [2.05, 4.69) is 70.7 Å². The lowest BCUT2D eigenvalue weighted by Gasteiger charge is -2.29. The lowest BCUT2D eigenvalue weighted by Crippen LogP contribution is -2.20. The van der Waals surface area contributed by atoms with E-state index < -0.39 is 30.5 Å². The summed E-state index contributed by atoms with van der Waals surface area (Å²) in [5.74, 6) is 6.08. The van der Waals surface area contributed by atoms with Crippen LogP contribution >= 0.6 is 23.2 Å². The van der Waals surface area contributed by atoms with E-state index in [1.807, 2.05) is 65.0 Å². The molecule has 0 saturated heterocycles. The van der Waals surface area contributed by atoms with Crippen molar-refractivity contribution in [3.05, 3.63) is 238 Å². The third-order valence-electron chi connectivity index (χ3n) is 15.5. The Hall–Kier alpha value is -7.48. The van der Waals surface area contributed by atoms with E-state index in [-0.39, 0.29) is 25.5 Å². The summed E-state index contributed by atoms with van der Waals surface area (Å²) in [6.45, 7) is 23.6. The highest BCUT2D eigenvalue weighted by molar-refractivity contribution is 7.91. The summed E-state index contributed by atoms with van der Waals surface area (Å²) < 4.78 is 90.7. The molecule has 0 saturated carbocycles. The van der Waals surface area contributed by atoms with Crippen LogP contribution in [-0.4, -0.2) is 37.2 Å². The maximum atomic E-state index is 14.0. The van der Waals surface area contributed by atoms with Gasteiger partial charge in [-0.05, 0) is 226 Å². The number of ether oxygens (including phenoxy) is 6. The standard InChI is InChI=1S/C71H74Cl2O10S2/c1-12-57(13-2)79-37-15-14-16-38-80-66-35-17-53(43-51(66)45-72)70(7,8)54-18-36-67(52(44-54)46-73)81-59-21-29-63(30-22-59)85(76,77)65-33-25-61(26-34-65)83-69-49(5)41-56(42-50(69)6)71(9,10)55-39-47(3)68(48(4)40-55)82-60-23-31-64(32-24-60)84(74,75)62-27-19-58(78-11)20-28-62/h12-13,17-36,39-44H,1,14-16,37-38,45-46H2,2-11H3/b57-13+. The fourth-order valence-electron chi connectivity index (χ4n) is 10.1. The molecular weight excluding hydrogens is 1150 g/mol. The number of halogens is 2. The summed E-state index contributed by atoms with van der Waals surface area (Å²) in [7, 11) is -6.09. The molecule has 10 nitrogen and oxygen atoms in total. The highest BCUT2D eigenvalue weighted by Crippen LogP contribution is 2.42. The summed E-state index contributed by atoms with van der Waals surface area (Å²) in [6.07, 6.45) is 6.42. The van der Waals surface area contributed by atoms with Gasteiger partial charge < -0.3 is 28.4 Å². The molecule has 8 rings (SSSR count). The first kappa shape index (κ1) is 63.5. The van der Waals surface area contributed by atoms with Gasteiger partial charge in [0, 0.05) is 22.0 Å². The Kier molecular flexibility index (Phi) is 20.4. The molecule has 8 aromatic rings. The predicted octanol–water partition coefficient (Wildman–Crippen LogP) is 18.8. The second kappa shape index (κ2) is 27.3. The lowest BCUT2D eigenvalue weighted by atomic mass is 9.76. The van der Waals surface area contributed by atoms with E-state index in [0.717, 1.165) is 86.4 Å². The maximum Gasteiger partial charge on any atom is 0.206 e. The normalized spacial score (nSPS) is 12.2. The van der Waals surface area contributed by atoms with Crippen LogP contribution in [0.15, 0.2) is 202 Å². The Balaban J connectivity index is 0.877. The number of unbranched alkanes of at least 4 members (excludes halogenated alkanes) is 2. The van der Waals surface area contributed by atoms with Gasteiger partial charge in [0.25, 0.3) is 0 Å². The molecule has 8 aromatic carbocycles. The van der Waals surface area contributed by atoms with Crippen molar-refractivity contribution < 1.29 is 45.3 Å². The second-order valence-corrected chi connectivity index (χ2v) is 26.5. The molecule has 0 N–H and O–H groups in total. The molecule has 0 aliphatic rings. The molecule has 0 aromatic heterocycles. The highest BCUT2D eigenvalue weighted by atomic mass is 35.5. The van der Waals surface area contributed by atoms with Crippen LogP contribution in [0.2, 0.25) is 0 Å². The molecule has 85 heavy (non-hydrogen) atoms. The average molecular weight is 1220 g/mol. The van der Waals surface area contributed by atoms with Crippen molar-refractivity contribution in [2.75, 3.05) is 20.3 Å². The molecular formula is C71H74Cl2O10S2. The van der Waals surface area contributed by atoms with Crippen LogP contribution in [0.1, 0.15) is 110 Å². The minimum atomic E-state index is -3.90. The van der Waals surface area contributed by atoms with Crippen molar-refractivity contribution in [1.82, 2.24) is 0 Å². The molecule has 0 aliphatic heterocycles. The molecule has 0 amide bonds. The maximum absolute atomic E-state index is 14.0. The van der Waals surface area contributed by atoms with Gasteiger partial charge in [-0.15, -0.1) is 23.2 Å². The van der Waals surface area contributed by atoms with Crippen LogP contribution in [0.3, 0.4) is 0 Å². The van der Waals surface area contributed by atoms with Crippen LogP contribution in [-0.2, 0) is 47.0 Å². The van der Waals surface area contributed by atoms with Gasteiger partial charge in [-0.2, -0.15) is 0 Å². The van der Waals surface area contributed by atoms with Gasteiger partial charge in [0.2, 0.25) is 19.7 Å². The summed E-state index contributed by atoms with van der Waals surface area (Å²) in [4.78, 5) is 0.583. The summed E-state index contributed by atoms with van der Waals surface area (Å²) in [5, 5.41) is 0. The number of rotatable bonds is 26. The smallest absolute Gasteiger partial charge is 0.206 e. The van der Waals surface area contributed by atoms with Gasteiger partial charge in [-0.3, -0.25) is 0 Å². The number of hydrogen-bond acceptors (Lipinski definition) is 10. The summed E-state index contributed by atoms with van der Waals surface area (Å²) >= 11 is 13.0. The monoisotopic (exact) mass is 1220 g/mol. The lowest BCUT2D eigenvalue weighted by molar-refractivity contribution is 0.212. The van der Waals surface area contributed by atoms with E-state index in [1.165, 1.54) is 19.2 Å². The zero-order valence-corrected chi connectivity index (χ0v) is 53.1. The molecule has 0 unspecified atom stereocenters. The Bertz CT molecular complexity index is 3880. The number of alkyl halides is 2. The zero-order valence-electron chi connectivity index (χ0n) is 50.0. The minimum Gasteiger partial charge on any atom is -0.497 e. The number of methoxy groups -OCH3 is 1. The molecule has 0 atom stereocenters. The molecule has 0 spiro atoms. The minimum absolute atomic E-state index is 0.119. The van der Waals surface area contributed by atoms with Crippen molar-refractivity contribution >= 4 is 42.9 Å². The van der Waals surface area contributed by atoms with Gasteiger partial charge in [0.1, 0.15) is 51.8 Å². The largest absolute Gasteiger partial charge is 0.497 e. The number of allylic oxidation sites excluding steroid dienone is 2. The fraction of sp³-hybridized carbons (Fsp3) is 0.268. The molecule has 0 radical (unpaired) electrons. The Labute approximate surface area is 512 Å². The van der Waals surface area contributed by atoms with E-state index in [9.17, 15) is 16.8 Å². The number of sulfone groups is 2. The molecule has 14 heteroatoms. The quantitative estimate of drug-likeness (QED) is 0.0224. The van der Waals surface area contributed by atoms with Gasteiger partial charge >= 0.3 is 0 Å². The Morgan fingerprint density at radius 3 is 1.22 bits per heavy atom. The van der Waals surface area contributed by atoms with Gasteiger partial charge in [0.05, 0.1) is 51.7 Å². The van der Waals surface area contributed by atoms with Crippen molar-refractivity contribution in [3.8, 4) is 46.0 Å². The van der Waals surface area contributed by atoms with Crippen molar-refractivity contribution in [1.29, 1.82) is 0 Å². The van der Waals surface area contributed by atoms with Crippen LogP contribution in [0, 0.1) is 27.7 Å². The molecule has 444 valence electrons. The van der Waals surface area contributed by atoms with Crippen molar-refractivity contribution in [2.45, 2.75) is 124 Å².